The highest BCUT2D eigenvalue weighted by Crippen LogP contribution is 2.51. The fraction of sp³-hybridized carbons (Fsp3) is 0.750. The third-order valence-electron chi connectivity index (χ3n) is 1.89. The van der Waals surface area contributed by atoms with Crippen LogP contribution in [0, 0.1) is 0 Å². The van der Waals surface area contributed by atoms with Crippen LogP contribution in [0.3, 0.4) is 0 Å². The van der Waals surface area contributed by atoms with Crippen molar-refractivity contribution >= 4 is 0 Å². The van der Waals surface area contributed by atoms with Gasteiger partial charge in [0, 0.05) is 6.08 Å². The minimum atomic E-state index is -6.76. The first-order valence-corrected chi connectivity index (χ1v) is 4.39. The van der Waals surface area contributed by atoms with Crippen LogP contribution < -0.4 is 0 Å². The van der Waals surface area contributed by atoms with E-state index < -0.39 is 48.7 Å². The molecule has 0 aromatic rings. The van der Waals surface area contributed by atoms with Gasteiger partial charge in [-0.15, -0.1) is 0 Å². The van der Waals surface area contributed by atoms with E-state index in [9.17, 15) is 52.7 Å². The monoisotopic (exact) mass is 328 g/mol. The molecule has 0 radical (unpaired) electrons. The van der Waals surface area contributed by atoms with Gasteiger partial charge in [0.1, 0.15) is 0 Å². The zero-order valence-electron chi connectivity index (χ0n) is 8.90. The van der Waals surface area contributed by atoms with Crippen molar-refractivity contribution in [1.29, 1.82) is 0 Å². The Hall–Kier alpha value is -1.10. The Morgan fingerprint density at radius 2 is 0.900 bits per heavy atom. The zero-order valence-corrected chi connectivity index (χ0v) is 8.90. The predicted molar refractivity (Wildman–Crippen MR) is 40.7 cm³/mol. The maximum absolute atomic E-state index is 12.9. The van der Waals surface area contributed by atoms with Crippen molar-refractivity contribution in [3.05, 3.63) is 12.2 Å². The summed E-state index contributed by atoms with van der Waals surface area (Å²) in [6, 6.07) is 0. The Morgan fingerprint density at radius 3 is 1.15 bits per heavy atom. The molecule has 0 heterocycles. The number of allylic oxidation sites excluding steroid dienone is 2. The van der Waals surface area contributed by atoms with Crippen LogP contribution in [0.4, 0.5) is 52.7 Å². The molecule has 0 aromatic carbocycles. The first kappa shape index (κ1) is 18.9. The van der Waals surface area contributed by atoms with Crippen LogP contribution in [0.1, 0.15) is 6.42 Å². The molecule has 0 nitrogen and oxygen atoms in total. The molecule has 0 bridgehead atoms. The van der Waals surface area contributed by atoms with Crippen LogP contribution in [0.25, 0.3) is 0 Å². The van der Waals surface area contributed by atoms with Gasteiger partial charge in [0.2, 0.25) is 0 Å². The molecule has 20 heavy (non-hydrogen) atoms. The summed E-state index contributed by atoms with van der Waals surface area (Å²) in [5, 5.41) is 0. The molecule has 0 saturated carbocycles. The second-order valence-corrected chi connectivity index (χ2v) is 3.61. The van der Waals surface area contributed by atoms with E-state index in [0.29, 0.717) is 0 Å². The summed E-state index contributed by atoms with van der Waals surface area (Å²) in [6.07, 6.45) is -25.0. The molecule has 0 aliphatic heterocycles. The van der Waals surface area contributed by atoms with Gasteiger partial charge in [0.25, 0.3) is 5.92 Å². The number of halogens is 12. The largest absolute Gasteiger partial charge is 0.431 e. The van der Waals surface area contributed by atoms with Crippen molar-refractivity contribution in [2.45, 2.75) is 36.5 Å². The van der Waals surface area contributed by atoms with Crippen LogP contribution >= 0.6 is 0 Å². The molecule has 0 fully saturated rings. The van der Waals surface area contributed by atoms with E-state index in [4.69, 9.17) is 0 Å². The molecule has 0 aliphatic carbocycles. The summed E-state index contributed by atoms with van der Waals surface area (Å²) >= 11 is 0. The van der Waals surface area contributed by atoms with Gasteiger partial charge in [-0.05, 0) is 6.08 Å². The van der Waals surface area contributed by atoms with Crippen LogP contribution in [0.2, 0.25) is 0 Å². The van der Waals surface area contributed by atoms with Gasteiger partial charge in [-0.1, -0.05) is 0 Å². The average molecular weight is 328 g/mol. The second kappa shape index (κ2) is 5.02. The molecule has 0 saturated heterocycles. The van der Waals surface area contributed by atoms with E-state index in [1.165, 1.54) is 0 Å². The van der Waals surface area contributed by atoms with Crippen molar-refractivity contribution in [2.24, 2.45) is 0 Å². The van der Waals surface area contributed by atoms with E-state index in [1.54, 1.807) is 0 Å². The van der Waals surface area contributed by atoms with Gasteiger partial charge in [-0.3, -0.25) is 0 Å². The summed E-state index contributed by atoms with van der Waals surface area (Å²) in [5.41, 5.74) is -6.33. The normalized spacial score (nSPS) is 16.0. The molecule has 0 spiro atoms. The van der Waals surface area contributed by atoms with E-state index in [-0.39, 0.29) is 0 Å². The van der Waals surface area contributed by atoms with Crippen LogP contribution in [0.5, 0.6) is 0 Å². The molecule has 0 atom stereocenters. The molecule has 0 aromatic heterocycles. The van der Waals surface area contributed by atoms with E-state index in [0.717, 1.165) is 0 Å². The Morgan fingerprint density at radius 1 is 0.550 bits per heavy atom. The molecular weight excluding hydrogens is 324 g/mol. The highest BCUT2D eigenvalue weighted by atomic mass is 19.4. The Labute approximate surface area is 103 Å². The highest BCUT2D eigenvalue weighted by molar-refractivity contribution is 5.06. The van der Waals surface area contributed by atoms with Crippen molar-refractivity contribution in [3.8, 4) is 0 Å². The fourth-order valence-corrected chi connectivity index (χ4v) is 0.961. The lowest BCUT2D eigenvalue weighted by atomic mass is 9.95. The first-order valence-electron chi connectivity index (χ1n) is 4.39. The van der Waals surface area contributed by atoms with Gasteiger partial charge in [-0.25, -0.2) is 13.2 Å². The predicted octanol–water partition coefficient (Wildman–Crippen LogP) is 4.96. The minimum absolute atomic E-state index is 1.27. The van der Waals surface area contributed by atoms with E-state index in [2.05, 4.69) is 0 Å². The lowest BCUT2D eigenvalue weighted by Gasteiger charge is -2.31. The SMILES string of the molecule is FC(F)(F)/C=C\C(F)(F)CC(F)(C(F)(F)F)C(F)(F)F. The van der Waals surface area contributed by atoms with E-state index in [1.807, 2.05) is 0 Å². The minimum Gasteiger partial charge on any atom is -0.223 e. The quantitative estimate of drug-likeness (QED) is 0.507. The van der Waals surface area contributed by atoms with Gasteiger partial charge in [0.15, 0.2) is 0 Å². The zero-order chi connectivity index (χ0) is 16.6. The molecule has 120 valence electrons. The third-order valence-corrected chi connectivity index (χ3v) is 1.89. The van der Waals surface area contributed by atoms with Gasteiger partial charge >= 0.3 is 24.2 Å². The number of hydrogen-bond donors (Lipinski definition) is 0. The summed E-state index contributed by atoms with van der Waals surface area (Å²) in [6.45, 7) is 0. The van der Waals surface area contributed by atoms with Crippen LogP contribution in [-0.4, -0.2) is 30.1 Å². The molecule has 0 amide bonds. The Balaban J connectivity index is 5.46. The Bertz CT molecular complexity index is 339. The lowest BCUT2D eigenvalue weighted by molar-refractivity contribution is -0.352. The molecule has 0 aliphatic rings. The smallest absolute Gasteiger partial charge is 0.223 e. The third kappa shape index (κ3) is 4.78. The summed E-state index contributed by atoms with van der Waals surface area (Å²) in [7, 11) is 0. The summed E-state index contributed by atoms with van der Waals surface area (Å²) < 4.78 is 144. The summed E-state index contributed by atoms with van der Waals surface area (Å²) in [4.78, 5) is 0. The number of hydrogen-bond acceptors (Lipinski definition) is 0. The lowest BCUT2D eigenvalue weighted by Crippen LogP contribution is -2.55. The second-order valence-electron chi connectivity index (χ2n) is 3.61. The van der Waals surface area contributed by atoms with Crippen molar-refractivity contribution in [2.75, 3.05) is 0 Å². The molecule has 0 unspecified atom stereocenters. The fourth-order valence-electron chi connectivity index (χ4n) is 0.961. The van der Waals surface area contributed by atoms with Gasteiger partial charge in [0.05, 0.1) is 6.42 Å². The van der Waals surface area contributed by atoms with Crippen LogP contribution in [-0.2, 0) is 0 Å². The van der Waals surface area contributed by atoms with E-state index >= 15 is 0 Å². The van der Waals surface area contributed by atoms with Crippen molar-refractivity contribution in [1.82, 2.24) is 0 Å². The standard InChI is InChI=1S/C8H4F12/c9-4(10,1-2-6(12,13)14)3-5(11,7(15,16)17)8(18,19)20/h1-2H,3H2/b2-1-. The number of alkyl halides is 12. The van der Waals surface area contributed by atoms with Gasteiger partial charge in [-0.2, -0.15) is 39.5 Å². The summed E-state index contributed by atoms with van der Waals surface area (Å²) in [5.74, 6) is -5.31. The molecular formula is C8H4F12. The van der Waals surface area contributed by atoms with Crippen molar-refractivity contribution in [3.63, 3.8) is 0 Å². The van der Waals surface area contributed by atoms with Crippen LogP contribution in [0.15, 0.2) is 12.2 Å². The number of rotatable bonds is 3. The van der Waals surface area contributed by atoms with Crippen molar-refractivity contribution < 1.29 is 52.7 Å². The Kier molecular flexibility index (Phi) is 4.75. The maximum atomic E-state index is 12.9. The molecule has 0 rings (SSSR count). The topological polar surface area (TPSA) is 0 Å². The highest BCUT2D eigenvalue weighted by Gasteiger charge is 2.74. The molecule has 0 N–H and O–H groups in total. The molecule has 12 heteroatoms. The van der Waals surface area contributed by atoms with Gasteiger partial charge < -0.3 is 0 Å². The first-order chi connectivity index (χ1) is 8.41. The average Bonchev–Trinajstić information content (AvgIpc) is 2.09. The maximum Gasteiger partial charge on any atom is 0.431 e.